The zero-order chi connectivity index (χ0) is 25.4. The van der Waals surface area contributed by atoms with Gasteiger partial charge in [-0.3, -0.25) is 9.59 Å². The predicted molar refractivity (Wildman–Crippen MR) is 146 cm³/mol. The van der Waals surface area contributed by atoms with Crippen molar-refractivity contribution in [2.24, 2.45) is 5.10 Å². The number of carbonyl (C=O) groups excluding carboxylic acids is 1. The number of H-pyrrole nitrogens is 1. The molecule has 1 aliphatic rings. The van der Waals surface area contributed by atoms with E-state index in [2.05, 4.69) is 39.3 Å². The van der Waals surface area contributed by atoms with Crippen LogP contribution in [0.5, 0.6) is 0 Å². The molecule has 0 saturated carbocycles. The Kier molecular flexibility index (Phi) is 6.19. The standard InChI is InChI=1S/C27H22N6O2S2/c1-17-9-11-18(12-10-17)22-14-21(23-8-5-13-36-23)31-33(22)24(34)16-37-27-29-25-20(26(35)30-27)15-28-32(25)19-6-3-2-4-7-19/h2-13,15,22H,14,16H2,1H3,(H,29,30,35)/t22-/m0/s1. The van der Waals surface area contributed by atoms with E-state index in [1.165, 1.54) is 18.0 Å². The van der Waals surface area contributed by atoms with Crippen LogP contribution in [0, 0.1) is 6.92 Å². The van der Waals surface area contributed by atoms with Crippen LogP contribution in [0.4, 0.5) is 0 Å². The highest BCUT2D eigenvalue weighted by Crippen LogP contribution is 2.34. The Morgan fingerprint density at radius 2 is 1.92 bits per heavy atom. The van der Waals surface area contributed by atoms with Crippen LogP contribution < -0.4 is 5.56 Å². The molecule has 184 valence electrons. The van der Waals surface area contributed by atoms with Crippen molar-refractivity contribution in [3.63, 3.8) is 0 Å². The van der Waals surface area contributed by atoms with Crippen molar-refractivity contribution < 1.29 is 4.79 Å². The van der Waals surface area contributed by atoms with E-state index in [0.29, 0.717) is 22.6 Å². The number of aryl methyl sites for hydroxylation is 1. The van der Waals surface area contributed by atoms with Gasteiger partial charge in [0.2, 0.25) is 0 Å². The van der Waals surface area contributed by atoms with Crippen LogP contribution in [0.1, 0.15) is 28.5 Å². The lowest BCUT2D eigenvalue weighted by molar-refractivity contribution is -0.130. The molecule has 0 aliphatic carbocycles. The van der Waals surface area contributed by atoms with Crippen molar-refractivity contribution in [3.8, 4) is 5.69 Å². The lowest BCUT2D eigenvalue weighted by Gasteiger charge is -2.22. The molecule has 1 amide bonds. The van der Waals surface area contributed by atoms with E-state index < -0.39 is 0 Å². The van der Waals surface area contributed by atoms with Gasteiger partial charge in [-0.15, -0.1) is 11.3 Å². The quantitative estimate of drug-likeness (QED) is 0.250. The average molecular weight is 527 g/mol. The summed E-state index contributed by atoms with van der Waals surface area (Å²) in [7, 11) is 0. The van der Waals surface area contributed by atoms with E-state index in [9.17, 15) is 9.59 Å². The maximum Gasteiger partial charge on any atom is 0.262 e. The maximum atomic E-state index is 13.4. The highest BCUT2D eigenvalue weighted by Gasteiger charge is 2.33. The molecule has 1 N–H and O–H groups in total. The number of fused-ring (bicyclic) bond motifs is 1. The first-order valence-electron chi connectivity index (χ1n) is 11.7. The zero-order valence-electron chi connectivity index (χ0n) is 19.9. The van der Waals surface area contributed by atoms with Gasteiger partial charge in [-0.2, -0.15) is 10.2 Å². The van der Waals surface area contributed by atoms with Crippen LogP contribution in [0.25, 0.3) is 16.7 Å². The molecule has 1 aliphatic heterocycles. The minimum Gasteiger partial charge on any atom is -0.301 e. The molecule has 1 atom stereocenters. The van der Waals surface area contributed by atoms with Crippen molar-refractivity contribution in [1.82, 2.24) is 24.8 Å². The van der Waals surface area contributed by atoms with Crippen molar-refractivity contribution in [3.05, 3.63) is 105 Å². The van der Waals surface area contributed by atoms with Crippen LogP contribution in [-0.4, -0.2) is 42.1 Å². The number of benzene rings is 2. The number of nitrogens with zero attached hydrogens (tertiary/aromatic N) is 5. The van der Waals surface area contributed by atoms with Crippen molar-refractivity contribution in [2.45, 2.75) is 24.5 Å². The third-order valence-electron chi connectivity index (χ3n) is 6.18. The van der Waals surface area contributed by atoms with Crippen LogP contribution >= 0.6 is 23.1 Å². The Hall–Kier alpha value is -4.02. The number of nitrogens with one attached hydrogen (secondary N) is 1. The SMILES string of the molecule is Cc1ccc([C@@H]2CC(c3cccs3)=NN2C(=O)CSc2nc3c(cnn3-c3ccccc3)c(=O)[nH]2)cc1. The summed E-state index contributed by atoms with van der Waals surface area (Å²) in [4.78, 5) is 34.6. The molecule has 0 bridgehead atoms. The molecule has 8 nitrogen and oxygen atoms in total. The number of thiophene rings is 1. The summed E-state index contributed by atoms with van der Waals surface area (Å²) in [5, 5.41) is 13.4. The molecule has 6 rings (SSSR count). The summed E-state index contributed by atoms with van der Waals surface area (Å²) in [6.45, 7) is 2.04. The van der Waals surface area contributed by atoms with E-state index in [0.717, 1.165) is 27.4 Å². The number of para-hydroxylation sites is 1. The number of carbonyl (C=O) groups is 1. The van der Waals surface area contributed by atoms with Gasteiger partial charge < -0.3 is 4.98 Å². The Morgan fingerprint density at radius 1 is 1.11 bits per heavy atom. The van der Waals surface area contributed by atoms with Gasteiger partial charge in [0, 0.05) is 6.42 Å². The fourth-order valence-corrected chi connectivity index (χ4v) is 5.73. The van der Waals surface area contributed by atoms with Gasteiger partial charge in [0.1, 0.15) is 5.39 Å². The Bertz CT molecular complexity index is 1660. The molecule has 0 unspecified atom stereocenters. The van der Waals surface area contributed by atoms with E-state index in [4.69, 9.17) is 5.10 Å². The van der Waals surface area contributed by atoms with Crippen LogP contribution in [-0.2, 0) is 4.79 Å². The second-order valence-corrected chi connectivity index (χ2v) is 10.6. The summed E-state index contributed by atoms with van der Waals surface area (Å²) in [5.41, 5.74) is 4.06. The monoisotopic (exact) mass is 526 g/mol. The topological polar surface area (TPSA) is 96.2 Å². The van der Waals surface area contributed by atoms with Gasteiger partial charge in [-0.1, -0.05) is 65.9 Å². The van der Waals surface area contributed by atoms with E-state index in [-0.39, 0.29) is 23.3 Å². The molecular weight excluding hydrogens is 504 g/mol. The number of thioether (sulfide) groups is 1. The Labute approximate surface area is 220 Å². The first kappa shape index (κ1) is 23.4. The average Bonchev–Trinajstić information content (AvgIpc) is 3.68. The van der Waals surface area contributed by atoms with Crippen molar-refractivity contribution in [2.75, 3.05) is 5.75 Å². The van der Waals surface area contributed by atoms with Gasteiger partial charge in [0.25, 0.3) is 11.5 Å². The number of hydrogen-bond acceptors (Lipinski definition) is 7. The fraction of sp³-hybridized carbons (Fsp3) is 0.148. The van der Waals surface area contributed by atoms with Gasteiger partial charge in [0.05, 0.1) is 34.3 Å². The number of hydrazone groups is 1. The van der Waals surface area contributed by atoms with Gasteiger partial charge in [-0.05, 0) is 36.1 Å². The number of aromatic amines is 1. The molecule has 0 spiro atoms. The Balaban J connectivity index is 1.27. The highest BCUT2D eigenvalue weighted by atomic mass is 32.2. The number of amides is 1. The maximum absolute atomic E-state index is 13.4. The molecule has 3 aromatic heterocycles. The molecule has 0 fully saturated rings. The van der Waals surface area contributed by atoms with E-state index in [1.807, 2.05) is 54.8 Å². The first-order chi connectivity index (χ1) is 18.1. The summed E-state index contributed by atoms with van der Waals surface area (Å²) in [6.07, 6.45) is 2.16. The summed E-state index contributed by atoms with van der Waals surface area (Å²) in [5.74, 6) is -0.0706. The molecule has 5 aromatic rings. The van der Waals surface area contributed by atoms with Gasteiger partial charge >= 0.3 is 0 Å². The first-order valence-corrected chi connectivity index (χ1v) is 13.6. The number of aromatic nitrogens is 4. The summed E-state index contributed by atoms with van der Waals surface area (Å²) < 4.78 is 1.63. The van der Waals surface area contributed by atoms with Crippen molar-refractivity contribution >= 4 is 45.8 Å². The second-order valence-electron chi connectivity index (χ2n) is 8.68. The molecule has 0 radical (unpaired) electrons. The smallest absolute Gasteiger partial charge is 0.262 e. The summed E-state index contributed by atoms with van der Waals surface area (Å²) >= 11 is 2.80. The lowest BCUT2D eigenvalue weighted by atomic mass is 10.00. The minimum absolute atomic E-state index is 0.0809. The molecule has 37 heavy (non-hydrogen) atoms. The predicted octanol–water partition coefficient (Wildman–Crippen LogP) is 4.95. The summed E-state index contributed by atoms with van der Waals surface area (Å²) in [6, 6.07) is 21.5. The third kappa shape index (κ3) is 4.61. The normalized spacial score (nSPS) is 15.3. The zero-order valence-corrected chi connectivity index (χ0v) is 21.5. The molecule has 4 heterocycles. The number of rotatable bonds is 6. The van der Waals surface area contributed by atoms with E-state index >= 15 is 0 Å². The highest BCUT2D eigenvalue weighted by molar-refractivity contribution is 7.99. The van der Waals surface area contributed by atoms with Crippen molar-refractivity contribution in [1.29, 1.82) is 0 Å². The van der Waals surface area contributed by atoms with Crippen LogP contribution in [0.15, 0.2) is 93.4 Å². The minimum atomic E-state index is -0.293. The van der Waals surface area contributed by atoms with Gasteiger partial charge in [0.15, 0.2) is 10.8 Å². The van der Waals surface area contributed by atoms with E-state index in [1.54, 1.807) is 21.0 Å². The molecule has 0 saturated heterocycles. The van der Waals surface area contributed by atoms with Crippen LogP contribution in [0.2, 0.25) is 0 Å². The third-order valence-corrected chi connectivity index (χ3v) is 7.96. The van der Waals surface area contributed by atoms with Crippen LogP contribution in [0.3, 0.4) is 0 Å². The Morgan fingerprint density at radius 3 is 2.68 bits per heavy atom. The number of hydrogen-bond donors (Lipinski definition) is 1. The molecular formula is C27H22N6O2S2. The molecule has 2 aromatic carbocycles. The lowest BCUT2D eigenvalue weighted by Crippen LogP contribution is -2.28. The largest absolute Gasteiger partial charge is 0.301 e. The molecule has 10 heteroatoms. The fourth-order valence-electron chi connectivity index (χ4n) is 4.30. The second kappa shape index (κ2) is 9.79. The van der Waals surface area contributed by atoms with Gasteiger partial charge in [-0.25, -0.2) is 14.7 Å².